The van der Waals surface area contributed by atoms with E-state index in [1.165, 1.54) is 16.7 Å². The van der Waals surface area contributed by atoms with E-state index in [4.69, 9.17) is 0 Å². The summed E-state index contributed by atoms with van der Waals surface area (Å²) in [6.07, 6.45) is 5.11. The Labute approximate surface area is 168 Å². The van der Waals surface area contributed by atoms with Crippen molar-refractivity contribution >= 4 is 5.95 Å². The Morgan fingerprint density at radius 3 is 2.36 bits per heavy atom. The van der Waals surface area contributed by atoms with Gasteiger partial charge in [-0.2, -0.15) is 0 Å². The van der Waals surface area contributed by atoms with Crippen LogP contribution in [0.15, 0.2) is 36.7 Å². The zero-order valence-corrected chi connectivity index (χ0v) is 17.1. The van der Waals surface area contributed by atoms with Crippen LogP contribution >= 0.6 is 0 Å². The molecule has 4 rings (SSSR count). The molecule has 0 saturated carbocycles. The normalized spacial score (nSPS) is 21.8. The van der Waals surface area contributed by atoms with E-state index in [1.54, 1.807) is 0 Å². The van der Waals surface area contributed by atoms with Gasteiger partial charge in [0.25, 0.3) is 0 Å². The number of rotatable bonds is 5. The molecule has 150 valence electrons. The highest BCUT2D eigenvalue weighted by Gasteiger charge is 2.24. The Hall–Kier alpha value is -2.02. The molecule has 0 aliphatic carbocycles. The Morgan fingerprint density at radius 2 is 1.68 bits per heavy atom. The van der Waals surface area contributed by atoms with Crippen LogP contribution in [0.4, 0.5) is 5.95 Å². The molecule has 1 atom stereocenters. The lowest BCUT2D eigenvalue weighted by molar-refractivity contribution is 0.153. The second-order valence-corrected chi connectivity index (χ2v) is 7.97. The van der Waals surface area contributed by atoms with Crippen LogP contribution in [0.25, 0.3) is 0 Å². The molecule has 28 heavy (non-hydrogen) atoms. The van der Waals surface area contributed by atoms with E-state index in [-0.39, 0.29) is 0 Å². The first-order valence-corrected chi connectivity index (χ1v) is 10.5. The van der Waals surface area contributed by atoms with Crippen LogP contribution in [-0.4, -0.2) is 72.6 Å². The SMILES string of the molecule is CCc1ccc(C2CNCCN2Cc2cnc(N3CCN(C)CC3)nc2)cc1. The molecule has 1 aromatic carbocycles. The van der Waals surface area contributed by atoms with Crippen molar-refractivity contribution in [3.8, 4) is 0 Å². The summed E-state index contributed by atoms with van der Waals surface area (Å²) in [5.74, 6) is 0.865. The fourth-order valence-corrected chi connectivity index (χ4v) is 4.07. The predicted molar refractivity (Wildman–Crippen MR) is 114 cm³/mol. The van der Waals surface area contributed by atoms with Gasteiger partial charge in [0.15, 0.2) is 0 Å². The molecular formula is C22H32N6. The van der Waals surface area contributed by atoms with Crippen LogP contribution in [0, 0.1) is 0 Å². The van der Waals surface area contributed by atoms with Gasteiger partial charge >= 0.3 is 0 Å². The number of piperazine rings is 2. The molecule has 2 aliphatic rings. The molecule has 0 bridgehead atoms. The Balaban J connectivity index is 1.42. The highest BCUT2D eigenvalue weighted by atomic mass is 15.3. The molecule has 1 aromatic heterocycles. The molecule has 6 nitrogen and oxygen atoms in total. The van der Waals surface area contributed by atoms with Gasteiger partial charge in [0.1, 0.15) is 0 Å². The van der Waals surface area contributed by atoms with E-state index >= 15 is 0 Å². The molecular weight excluding hydrogens is 348 g/mol. The number of anilines is 1. The highest BCUT2D eigenvalue weighted by molar-refractivity contribution is 5.31. The second-order valence-electron chi connectivity index (χ2n) is 7.97. The van der Waals surface area contributed by atoms with Crippen molar-refractivity contribution < 1.29 is 0 Å². The molecule has 3 heterocycles. The lowest BCUT2D eigenvalue weighted by atomic mass is 10.0. The molecule has 2 saturated heterocycles. The van der Waals surface area contributed by atoms with E-state index in [2.05, 4.69) is 68.2 Å². The van der Waals surface area contributed by atoms with Gasteiger partial charge in [-0.25, -0.2) is 9.97 Å². The van der Waals surface area contributed by atoms with Crippen molar-refractivity contribution in [1.29, 1.82) is 0 Å². The molecule has 1 unspecified atom stereocenters. The fraction of sp³-hybridized carbons (Fsp3) is 0.545. The first-order valence-electron chi connectivity index (χ1n) is 10.5. The molecule has 0 radical (unpaired) electrons. The van der Waals surface area contributed by atoms with E-state index in [0.717, 1.165) is 64.7 Å². The Kier molecular flexibility index (Phi) is 6.20. The summed E-state index contributed by atoms with van der Waals surface area (Å²) in [6, 6.07) is 9.50. The summed E-state index contributed by atoms with van der Waals surface area (Å²) < 4.78 is 0. The van der Waals surface area contributed by atoms with Crippen molar-refractivity contribution in [2.75, 3.05) is 57.8 Å². The first kappa shape index (κ1) is 19.3. The van der Waals surface area contributed by atoms with E-state index < -0.39 is 0 Å². The standard InChI is InChI=1S/C22H32N6/c1-3-18-4-6-20(7-5-18)21-16-23-8-9-28(21)17-19-14-24-22(25-15-19)27-12-10-26(2)11-13-27/h4-7,14-15,21,23H,3,8-13,16-17H2,1-2H3. The third-order valence-electron chi connectivity index (χ3n) is 5.99. The van der Waals surface area contributed by atoms with Crippen molar-refractivity contribution in [3.05, 3.63) is 53.3 Å². The van der Waals surface area contributed by atoms with Crippen LogP contribution in [0.3, 0.4) is 0 Å². The van der Waals surface area contributed by atoms with E-state index in [9.17, 15) is 0 Å². The zero-order valence-electron chi connectivity index (χ0n) is 17.1. The summed E-state index contributed by atoms with van der Waals surface area (Å²) in [4.78, 5) is 16.5. The lowest BCUT2D eigenvalue weighted by Gasteiger charge is -2.36. The van der Waals surface area contributed by atoms with Gasteiger partial charge in [0.05, 0.1) is 0 Å². The third-order valence-corrected chi connectivity index (χ3v) is 5.99. The molecule has 0 spiro atoms. The lowest BCUT2D eigenvalue weighted by Crippen LogP contribution is -2.45. The van der Waals surface area contributed by atoms with Crippen molar-refractivity contribution in [2.45, 2.75) is 25.9 Å². The van der Waals surface area contributed by atoms with Crippen LogP contribution in [0.2, 0.25) is 0 Å². The zero-order chi connectivity index (χ0) is 19.3. The van der Waals surface area contributed by atoms with Crippen LogP contribution in [-0.2, 0) is 13.0 Å². The number of aryl methyl sites for hydroxylation is 1. The number of benzene rings is 1. The molecule has 2 aliphatic heterocycles. The molecule has 0 amide bonds. The van der Waals surface area contributed by atoms with Gasteiger partial charge in [-0.05, 0) is 24.6 Å². The van der Waals surface area contributed by atoms with Gasteiger partial charge in [-0.1, -0.05) is 31.2 Å². The summed E-state index contributed by atoms with van der Waals surface area (Å²) in [7, 11) is 2.17. The molecule has 6 heteroatoms. The minimum Gasteiger partial charge on any atom is -0.338 e. The van der Waals surface area contributed by atoms with Crippen LogP contribution < -0.4 is 10.2 Å². The van der Waals surface area contributed by atoms with E-state index in [1.807, 2.05) is 12.4 Å². The van der Waals surface area contributed by atoms with Gasteiger partial charge < -0.3 is 15.1 Å². The largest absolute Gasteiger partial charge is 0.338 e. The molecule has 2 fully saturated rings. The monoisotopic (exact) mass is 380 g/mol. The highest BCUT2D eigenvalue weighted by Crippen LogP contribution is 2.24. The number of hydrogen-bond donors (Lipinski definition) is 1. The smallest absolute Gasteiger partial charge is 0.225 e. The number of nitrogens with one attached hydrogen (secondary N) is 1. The Bertz CT molecular complexity index is 737. The minimum absolute atomic E-state index is 0.400. The Morgan fingerprint density at radius 1 is 0.964 bits per heavy atom. The van der Waals surface area contributed by atoms with Gasteiger partial charge in [0, 0.05) is 76.4 Å². The van der Waals surface area contributed by atoms with Crippen molar-refractivity contribution in [3.63, 3.8) is 0 Å². The number of nitrogens with zero attached hydrogens (tertiary/aromatic N) is 5. The maximum Gasteiger partial charge on any atom is 0.225 e. The average molecular weight is 381 g/mol. The summed E-state index contributed by atoms with van der Waals surface area (Å²) in [5, 5.41) is 3.55. The second kappa shape index (κ2) is 8.99. The summed E-state index contributed by atoms with van der Waals surface area (Å²) in [5.41, 5.74) is 3.97. The fourth-order valence-electron chi connectivity index (χ4n) is 4.07. The average Bonchev–Trinajstić information content (AvgIpc) is 2.75. The number of likely N-dealkylation sites (N-methyl/N-ethyl adjacent to an activating group) is 1. The van der Waals surface area contributed by atoms with Crippen molar-refractivity contribution in [2.24, 2.45) is 0 Å². The first-order chi connectivity index (χ1) is 13.7. The van der Waals surface area contributed by atoms with Gasteiger partial charge in [-0.15, -0.1) is 0 Å². The van der Waals surface area contributed by atoms with E-state index in [0.29, 0.717) is 6.04 Å². The quantitative estimate of drug-likeness (QED) is 0.855. The predicted octanol–water partition coefficient (Wildman–Crippen LogP) is 1.94. The minimum atomic E-state index is 0.400. The number of hydrogen-bond acceptors (Lipinski definition) is 6. The van der Waals surface area contributed by atoms with Crippen molar-refractivity contribution in [1.82, 2.24) is 25.1 Å². The molecule has 1 N–H and O–H groups in total. The van der Waals surface area contributed by atoms with Crippen LogP contribution in [0.5, 0.6) is 0 Å². The summed E-state index contributed by atoms with van der Waals surface area (Å²) >= 11 is 0. The number of aromatic nitrogens is 2. The third kappa shape index (κ3) is 4.51. The summed E-state index contributed by atoms with van der Waals surface area (Å²) in [6.45, 7) is 10.3. The van der Waals surface area contributed by atoms with Crippen LogP contribution in [0.1, 0.15) is 29.7 Å². The topological polar surface area (TPSA) is 47.5 Å². The maximum absolute atomic E-state index is 4.67. The van der Waals surface area contributed by atoms with Gasteiger partial charge in [0.2, 0.25) is 5.95 Å². The maximum atomic E-state index is 4.67. The van der Waals surface area contributed by atoms with Gasteiger partial charge in [-0.3, -0.25) is 4.90 Å². The molecule has 2 aromatic rings.